The van der Waals surface area contributed by atoms with Gasteiger partial charge in [0, 0.05) is 5.56 Å². The zero-order chi connectivity index (χ0) is 15.4. The Morgan fingerprint density at radius 2 is 2.05 bits per heavy atom. The highest BCUT2D eigenvalue weighted by molar-refractivity contribution is 7.10. The number of aryl methyl sites for hydroxylation is 1. The van der Waals surface area contributed by atoms with Gasteiger partial charge in [0.1, 0.15) is 17.4 Å². The molecule has 0 amide bonds. The first-order valence-corrected chi connectivity index (χ1v) is 7.77. The molecule has 114 valence electrons. The van der Waals surface area contributed by atoms with Gasteiger partial charge in [-0.15, -0.1) is 11.3 Å². The fourth-order valence-electron chi connectivity index (χ4n) is 2.25. The lowest BCUT2D eigenvalue weighted by Gasteiger charge is -2.21. The fourth-order valence-corrected chi connectivity index (χ4v) is 3.19. The van der Waals surface area contributed by atoms with E-state index in [9.17, 15) is 8.78 Å². The number of ether oxygens (including phenoxy) is 1. The van der Waals surface area contributed by atoms with Crippen LogP contribution < -0.4 is 10.1 Å². The minimum atomic E-state index is -0.542. The standard InChI is InChI=1S/C16H19F2NOS/c1-4-8-19-15(16-12(20-3)7-9-21-16)13-11(17)6-5-10(2)14(13)18/h5-7,9,15,19H,4,8H2,1-3H3. The molecule has 2 rings (SSSR count). The van der Waals surface area contributed by atoms with Gasteiger partial charge >= 0.3 is 0 Å². The van der Waals surface area contributed by atoms with E-state index in [1.54, 1.807) is 14.0 Å². The third kappa shape index (κ3) is 3.24. The number of methoxy groups -OCH3 is 1. The number of benzene rings is 1. The summed E-state index contributed by atoms with van der Waals surface area (Å²) in [4.78, 5) is 0.786. The van der Waals surface area contributed by atoms with Crippen molar-refractivity contribution >= 4 is 11.3 Å². The van der Waals surface area contributed by atoms with Gasteiger partial charge in [0.05, 0.1) is 18.0 Å². The number of hydrogen-bond donors (Lipinski definition) is 1. The molecule has 2 nitrogen and oxygen atoms in total. The molecule has 0 aliphatic heterocycles. The SMILES string of the molecule is CCCNC(c1sccc1OC)c1c(F)ccc(C)c1F. The first-order valence-electron chi connectivity index (χ1n) is 6.89. The summed E-state index contributed by atoms with van der Waals surface area (Å²) >= 11 is 1.43. The molecule has 5 heteroatoms. The summed E-state index contributed by atoms with van der Waals surface area (Å²) in [6, 6.07) is 4.04. The summed E-state index contributed by atoms with van der Waals surface area (Å²) < 4.78 is 34.0. The maximum atomic E-state index is 14.5. The van der Waals surface area contributed by atoms with Crippen LogP contribution in [0.3, 0.4) is 0 Å². The second-order valence-electron chi connectivity index (χ2n) is 4.83. The summed E-state index contributed by atoms with van der Waals surface area (Å²) in [6.45, 7) is 4.32. The Morgan fingerprint density at radius 3 is 2.71 bits per heavy atom. The number of nitrogens with one attached hydrogen (secondary N) is 1. The van der Waals surface area contributed by atoms with E-state index in [4.69, 9.17) is 4.74 Å². The van der Waals surface area contributed by atoms with Crippen molar-refractivity contribution in [2.45, 2.75) is 26.3 Å². The Labute approximate surface area is 127 Å². The molecule has 0 saturated heterocycles. The van der Waals surface area contributed by atoms with Gasteiger partial charge in [0.2, 0.25) is 0 Å². The minimum absolute atomic E-state index is 0.0594. The van der Waals surface area contributed by atoms with Crippen LogP contribution in [0.25, 0.3) is 0 Å². The first-order chi connectivity index (χ1) is 10.1. The zero-order valence-electron chi connectivity index (χ0n) is 12.4. The Balaban J connectivity index is 2.53. The molecule has 21 heavy (non-hydrogen) atoms. The van der Waals surface area contributed by atoms with Gasteiger partial charge in [0.15, 0.2) is 0 Å². The predicted molar refractivity (Wildman–Crippen MR) is 82.1 cm³/mol. The highest BCUT2D eigenvalue weighted by Crippen LogP contribution is 2.37. The van der Waals surface area contributed by atoms with Crippen molar-refractivity contribution in [1.29, 1.82) is 0 Å². The van der Waals surface area contributed by atoms with Crippen molar-refractivity contribution in [1.82, 2.24) is 5.32 Å². The Kier molecular flexibility index (Phi) is 5.31. The van der Waals surface area contributed by atoms with Crippen LogP contribution >= 0.6 is 11.3 Å². The molecular formula is C16H19F2NOS. The van der Waals surface area contributed by atoms with Crippen molar-refractivity contribution in [3.05, 3.63) is 51.2 Å². The Bertz CT molecular complexity index is 612. The molecular weight excluding hydrogens is 292 g/mol. The van der Waals surface area contributed by atoms with Crippen molar-refractivity contribution in [3.63, 3.8) is 0 Å². The van der Waals surface area contributed by atoms with Gasteiger partial charge < -0.3 is 10.1 Å². The molecule has 1 unspecified atom stereocenters. The molecule has 1 heterocycles. The van der Waals surface area contributed by atoms with Gasteiger partial charge in [-0.3, -0.25) is 0 Å². The average Bonchev–Trinajstić information content (AvgIpc) is 2.95. The van der Waals surface area contributed by atoms with E-state index in [2.05, 4.69) is 5.32 Å². The second kappa shape index (κ2) is 7.00. The highest BCUT2D eigenvalue weighted by atomic mass is 32.1. The monoisotopic (exact) mass is 311 g/mol. The van der Waals surface area contributed by atoms with E-state index in [0.29, 0.717) is 17.9 Å². The first kappa shape index (κ1) is 15.9. The predicted octanol–water partition coefficient (Wildman–Crippen LogP) is 4.43. The van der Waals surface area contributed by atoms with Crippen LogP contribution in [0, 0.1) is 18.6 Å². The van der Waals surface area contributed by atoms with Crippen molar-refractivity contribution in [2.24, 2.45) is 0 Å². The quantitative estimate of drug-likeness (QED) is 0.852. The maximum absolute atomic E-state index is 14.5. The van der Waals surface area contributed by atoms with Crippen LogP contribution in [0.1, 0.15) is 35.4 Å². The summed E-state index contributed by atoms with van der Waals surface area (Å²) in [6.07, 6.45) is 0.874. The molecule has 0 saturated carbocycles. The van der Waals surface area contributed by atoms with Gasteiger partial charge in [-0.1, -0.05) is 13.0 Å². The van der Waals surface area contributed by atoms with Gasteiger partial charge in [-0.25, -0.2) is 8.78 Å². The van der Waals surface area contributed by atoms with Crippen LogP contribution in [0.5, 0.6) is 5.75 Å². The summed E-state index contributed by atoms with van der Waals surface area (Å²) in [5.41, 5.74) is 0.495. The number of halogens is 2. The second-order valence-corrected chi connectivity index (χ2v) is 5.78. The van der Waals surface area contributed by atoms with Crippen LogP contribution in [-0.2, 0) is 0 Å². The zero-order valence-corrected chi connectivity index (χ0v) is 13.2. The van der Waals surface area contributed by atoms with Crippen LogP contribution in [0.2, 0.25) is 0 Å². The van der Waals surface area contributed by atoms with Gasteiger partial charge in [-0.05, 0) is 43.0 Å². The van der Waals surface area contributed by atoms with E-state index < -0.39 is 17.7 Å². The van der Waals surface area contributed by atoms with E-state index in [-0.39, 0.29) is 5.56 Å². The molecule has 2 aromatic rings. The van der Waals surface area contributed by atoms with Crippen LogP contribution in [0.4, 0.5) is 8.78 Å². The minimum Gasteiger partial charge on any atom is -0.496 e. The Morgan fingerprint density at radius 1 is 1.29 bits per heavy atom. The van der Waals surface area contributed by atoms with E-state index >= 15 is 0 Å². The molecule has 0 aliphatic carbocycles. The lowest BCUT2D eigenvalue weighted by molar-refractivity contribution is 0.404. The van der Waals surface area contributed by atoms with Crippen molar-refractivity contribution < 1.29 is 13.5 Å². The normalized spacial score (nSPS) is 12.4. The largest absolute Gasteiger partial charge is 0.496 e. The van der Waals surface area contributed by atoms with Crippen LogP contribution in [0.15, 0.2) is 23.6 Å². The lowest BCUT2D eigenvalue weighted by Crippen LogP contribution is -2.25. The lowest BCUT2D eigenvalue weighted by atomic mass is 10.0. The number of hydrogen-bond acceptors (Lipinski definition) is 3. The third-order valence-corrected chi connectivity index (χ3v) is 4.31. The number of thiophene rings is 1. The summed E-state index contributed by atoms with van der Waals surface area (Å²) in [5.74, 6) is -0.393. The molecule has 0 bridgehead atoms. The van der Waals surface area contributed by atoms with E-state index in [1.807, 2.05) is 18.4 Å². The maximum Gasteiger partial charge on any atom is 0.134 e. The summed E-state index contributed by atoms with van der Waals surface area (Å²) in [5, 5.41) is 5.08. The molecule has 0 aliphatic rings. The Hall–Kier alpha value is -1.46. The molecule has 1 aromatic carbocycles. The highest BCUT2D eigenvalue weighted by Gasteiger charge is 2.26. The van der Waals surface area contributed by atoms with Crippen molar-refractivity contribution in [2.75, 3.05) is 13.7 Å². The molecule has 1 N–H and O–H groups in total. The molecule has 0 fully saturated rings. The molecule has 1 atom stereocenters. The van der Waals surface area contributed by atoms with E-state index in [1.165, 1.54) is 23.5 Å². The van der Waals surface area contributed by atoms with Gasteiger partial charge in [0.25, 0.3) is 0 Å². The molecule has 1 aromatic heterocycles. The third-order valence-electron chi connectivity index (χ3n) is 3.35. The van der Waals surface area contributed by atoms with Crippen molar-refractivity contribution in [3.8, 4) is 5.75 Å². The molecule has 0 spiro atoms. The van der Waals surface area contributed by atoms with Gasteiger partial charge in [-0.2, -0.15) is 0 Å². The summed E-state index contributed by atoms with van der Waals surface area (Å²) in [7, 11) is 1.56. The van der Waals surface area contributed by atoms with E-state index in [0.717, 1.165) is 11.3 Å². The number of rotatable bonds is 6. The smallest absolute Gasteiger partial charge is 0.134 e. The average molecular weight is 311 g/mol. The molecule has 0 radical (unpaired) electrons. The van der Waals surface area contributed by atoms with Crippen LogP contribution in [-0.4, -0.2) is 13.7 Å². The fraction of sp³-hybridized carbons (Fsp3) is 0.375. The topological polar surface area (TPSA) is 21.3 Å².